The summed E-state index contributed by atoms with van der Waals surface area (Å²) in [7, 11) is 0. The van der Waals surface area contributed by atoms with Gasteiger partial charge in [-0.15, -0.1) is 0 Å². The van der Waals surface area contributed by atoms with Crippen molar-refractivity contribution in [2.75, 3.05) is 0 Å². The van der Waals surface area contributed by atoms with E-state index in [0.29, 0.717) is 18.6 Å². The highest BCUT2D eigenvalue weighted by Gasteiger charge is 2.33. The fourth-order valence-corrected chi connectivity index (χ4v) is 1.78. The second-order valence-electron chi connectivity index (χ2n) is 5.06. The first-order valence-corrected chi connectivity index (χ1v) is 7.05. The van der Waals surface area contributed by atoms with E-state index in [1.807, 2.05) is 30.3 Å². The van der Waals surface area contributed by atoms with E-state index in [-0.39, 0.29) is 6.07 Å². The van der Waals surface area contributed by atoms with Gasteiger partial charge in [0.15, 0.2) is 0 Å². The fourth-order valence-electron chi connectivity index (χ4n) is 1.78. The number of nitro groups is 1. The Morgan fingerprint density at radius 1 is 1.19 bits per heavy atom. The second kappa shape index (κ2) is 8.90. The molecule has 0 amide bonds. The number of hydrogen-bond acceptors (Lipinski definition) is 4. The smallest absolute Gasteiger partial charge is 0.416 e. The quantitative estimate of drug-likeness (QED) is 0.485. The summed E-state index contributed by atoms with van der Waals surface area (Å²) in [5, 5.41) is 18.6. The maximum Gasteiger partial charge on any atom is 0.416 e. The maximum absolute atomic E-state index is 12.6. The Morgan fingerprint density at radius 3 is 2.23 bits per heavy atom. The van der Waals surface area contributed by atoms with E-state index in [2.05, 4.69) is 0 Å². The molecule has 6 nitrogen and oxygen atoms in total. The average Bonchev–Trinajstić information content (AvgIpc) is 2.55. The molecule has 0 aliphatic heterocycles. The highest BCUT2D eigenvalue weighted by Crippen LogP contribution is 2.32. The first kappa shape index (κ1) is 21.0. The van der Waals surface area contributed by atoms with Crippen LogP contribution in [0.1, 0.15) is 11.1 Å². The van der Waals surface area contributed by atoms with Gasteiger partial charge in [-0.3, -0.25) is 14.9 Å². The number of carbonyl (C=O) groups is 1. The number of aliphatic carboxylic acids is 1. The van der Waals surface area contributed by atoms with Gasteiger partial charge in [-0.25, -0.2) is 0 Å². The molecule has 0 radical (unpaired) electrons. The molecular formula is C16H14F4N2O4. The number of hydrogen-bond donors (Lipinski definition) is 2. The van der Waals surface area contributed by atoms with Crippen molar-refractivity contribution in [1.82, 2.24) is 0 Å². The summed E-state index contributed by atoms with van der Waals surface area (Å²) in [6, 6.07) is 9.57. The van der Waals surface area contributed by atoms with Gasteiger partial charge < -0.3 is 10.8 Å². The zero-order valence-electron chi connectivity index (χ0n) is 13.1. The van der Waals surface area contributed by atoms with Crippen molar-refractivity contribution >= 4 is 11.7 Å². The lowest BCUT2D eigenvalue weighted by Crippen LogP contribution is -2.32. The largest absolute Gasteiger partial charge is 0.480 e. The molecule has 0 aliphatic carbocycles. The molecule has 0 bridgehead atoms. The predicted molar refractivity (Wildman–Crippen MR) is 83.8 cm³/mol. The van der Waals surface area contributed by atoms with Crippen molar-refractivity contribution in [3.05, 3.63) is 75.6 Å². The minimum Gasteiger partial charge on any atom is -0.480 e. The number of benzene rings is 2. The molecule has 0 heterocycles. The predicted octanol–water partition coefficient (Wildman–Crippen LogP) is 3.39. The lowest BCUT2D eigenvalue weighted by atomic mass is 10.1. The minimum atomic E-state index is -4.71. The molecule has 140 valence electrons. The van der Waals surface area contributed by atoms with E-state index in [0.717, 1.165) is 5.56 Å². The highest BCUT2D eigenvalue weighted by molar-refractivity contribution is 5.73. The van der Waals surface area contributed by atoms with Crippen LogP contribution >= 0.6 is 0 Å². The molecule has 0 spiro atoms. The third-order valence-electron chi connectivity index (χ3n) is 3.09. The lowest BCUT2D eigenvalue weighted by Gasteiger charge is -2.05. The average molecular weight is 374 g/mol. The number of alkyl halides is 3. The van der Waals surface area contributed by atoms with Crippen LogP contribution < -0.4 is 5.73 Å². The van der Waals surface area contributed by atoms with Crippen LogP contribution in [0.25, 0.3) is 0 Å². The zero-order chi connectivity index (χ0) is 19.9. The van der Waals surface area contributed by atoms with Gasteiger partial charge >= 0.3 is 17.8 Å². The van der Waals surface area contributed by atoms with Gasteiger partial charge in [0, 0.05) is 6.07 Å². The molecule has 2 aromatic rings. The summed E-state index contributed by atoms with van der Waals surface area (Å²) in [5.74, 6) is -2.25. The normalized spacial score (nSPS) is 11.9. The Labute approximate surface area is 145 Å². The molecule has 3 N–H and O–H groups in total. The van der Waals surface area contributed by atoms with Gasteiger partial charge in [0.25, 0.3) is 0 Å². The second-order valence-corrected chi connectivity index (χ2v) is 5.06. The molecule has 2 rings (SSSR count). The summed E-state index contributed by atoms with van der Waals surface area (Å²) in [5.41, 5.74) is 3.87. The maximum atomic E-state index is 12.6. The first-order chi connectivity index (χ1) is 12.0. The van der Waals surface area contributed by atoms with E-state index < -0.39 is 40.2 Å². The summed E-state index contributed by atoms with van der Waals surface area (Å²) in [6.07, 6.45) is -4.32. The topological polar surface area (TPSA) is 106 Å². The molecule has 0 aromatic heterocycles. The Balaban J connectivity index is 0.000000263. The third-order valence-corrected chi connectivity index (χ3v) is 3.09. The van der Waals surface area contributed by atoms with Gasteiger partial charge in [-0.1, -0.05) is 30.3 Å². The van der Waals surface area contributed by atoms with Crippen LogP contribution in [0.3, 0.4) is 0 Å². The van der Waals surface area contributed by atoms with Crippen LogP contribution in [0.4, 0.5) is 23.2 Å². The van der Waals surface area contributed by atoms with Gasteiger partial charge in [0.1, 0.15) is 6.04 Å². The van der Waals surface area contributed by atoms with Crippen LogP contribution in [0.2, 0.25) is 0 Å². The summed E-state index contributed by atoms with van der Waals surface area (Å²) in [4.78, 5) is 19.3. The summed E-state index contributed by atoms with van der Waals surface area (Å²) >= 11 is 0. The third kappa shape index (κ3) is 6.48. The molecule has 0 saturated carbocycles. The molecule has 0 saturated heterocycles. The first-order valence-electron chi connectivity index (χ1n) is 7.05. The van der Waals surface area contributed by atoms with Gasteiger partial charge in [0.05, 0.1) is 10.5 Å². The molecule has 0 fully saturated rings. The van der Waals surface area contributed by atoms with Crippen LogP contribution in [0.5, 0.6) is 0 Å². The van der Waals surface area contributed by atoms with Crippen LogP contribution in [-0.4, -0.2) is 22.0 Å². The van der Waals surface area contributed by atoms with E-state index in [1.54, 1.807) is 0 Å². The van der Waals surface area contributed by atoms with E-state index in [4.69, 9.17) is 10.8 Å². The Morgan fingerprint density at radius 2 is 1.77 bits per heavy atom. The Hall–Kier alpha value is -3.01. The zero-order valence-corrected chi connectivity index (χ0v) is 13.1. The Kier molecular flexibility index (Phi) is 7.20. The number of carboxylic acid groups (broad SMARTS) is 1. The Bertz CT molecular complexity index is 767. The van der Waals surface area contributed by atoms with Crippen molar-refractivity contribution in [3.8, 4) is 0 Å². The monoisotopic (exact) mass is 374 g/mol. The van der Waals surface area contributed by atoms with Gasteiger partial charge in [0.2, 0.25) is 5.82 Å². The van der Waals surface area contributed by atoms with Gasteiger partial charge in [-0.2, -0.15) is 17.6 Å². The number of halogens is 4. The minimum absolute atomic E-state index is 0.162. The molecule has 26 heavy (non-hydrogen) atoms. The lowest BCUT2D eigenvalue weighted by molar-refractivity contribution is -0.387. The molecule has 2 aromatic carbocycles. The highest BCUT2D eigenvalue weighted by atomic mass is 19.4. The summed E-state index contributed by atoms with van der Waals surface area (Å²) in [6.45, 7) is 0. The van der Waals surface area contributed by atoms with Crippen molar-refractivity contribution < 1.29 is 32.4 Å². The molecule has 1 unspecified atom stereocenters. The standard InChI is InChI=1S/C9H11NO2.C7H3F4NO2/c10-8(9(11)12)6-7-4-2-1-3-5-7;8-5-2-1-4(7(9,10)11)3-6(5)12(13)14/h1-5,8H,6,10H2,(H,11,12);1-3H. The molecule has 1 atom stereocenters. The van der Waals surface area contributed by atoms with E-state index >= 15 is 0 Å². The number of rotatable bonds is 4. The number of nitrogens with zero attached hydrogens (tertiary/aromatic N) is 1. The fraction of sp³-hybridized carbons (Fsp3) is 0.188. The molecule has 10 heteroatoms. The van der Waals surface area contributed by atoms with Crippen LogP contribution in [0.15, 0.2) is 48.5 Å². The number of carboxylic acids is 1. The SMILES string of the molecule is NC(Cc1ccccc1)C(=O)O.O=[N+]([O-])c1cc(C(F)(F)F)ccc1F. The van der Waals surface area contributed by atoms with Gasteiger partial charge in [-0.05, 0) is 24.1 Å². The number of nitro benzene ring substituents is 1. The van der Waals surface area contributed by atoms with Crippen molar-refractivity contribution in [3.63, 3.8) is 0 Å². The van der Waals surface area contributed by atoms with E-state index in [1.165, 1.54) is 0 Å². The summed E-state index contributed by atoms with van der Waals surface area (Å²) < 4.78 is 48.7. The van der Waals surface area contributed by atoms with Crippen LogP contribution in [0, 0.1) is 15.9 Å². The molecule has 0 aliphatic rings. The number of nitrogens with two attached hydrogens (primary N) is 1. The van der Waals surface area contributed by atoms with Crippen molar-refractivity contribution in [2.24, 2.45) is 5.73 Å². The van der Waals surface area contributed by atoms with Crippen molar-refractivity contribution in [1.29, 1.82) is 0 Å². The van der Waals surface area contributed by atoms with Crippen molar-refractivity contribution in [2.45, 2.75) is 18.6 Å². The van der Waals surface area contributed by atoms with Crippen LogP contribution in [-0.2, 0) is 17.4 Å². The van der Waals surface area contributed by atoms with E-state index in [9.17, 15) is 32.5 Å². The molecular weight excluding hydrogens is 360 g/mol.